The Morgan fingerprint density at radius 1 is 0.828 bits per heavy atom. The number of esters is 1. The van der Waals surface area contributed by atoms with Crippen LogP contribution in [0, 0.1) is 5.82 Å². The summed E-state index contributed by atoms with van der Waals surface area (Å²) in [5.74, 6) is -0.663. The highest BCUT2D eigenvalue weighted by Gasteiger charge is 2.18. The summed E-state index contributed by atoms with van der Waals surface area (Å²) in [5, 5.41) is 0. The molecule has 3 rings (SSSR count). The number of hydrogen-bond acceptors (Lipinski definition) is 5. The third kappa shape index (κ3) is 5.19. The van der Waals surface area contributed by atoms with Crippen LogP contribution in [-0.2, 0) is 11.3 Å². The molecule has 0 atom stereocenters. The highest BCUT2D eigenvalue weighted by atomic mass is 19.1. The molecule has 0 aliphatic carbocycles. The van der Waals surface area contributed by atoms with Gasteiger partial charge < -0.3 is 14.2 Å². The zero-order valence-corrected chi connectivity index (χ0v) is 15.8. The molecule has 0 spiro atoms. The first-order chi connectivity index (χ1) is 14.1. The number of benzene rings is 3. The van der Waals surface area contributed by atoms with Crippen molar-refractivity contribution in [2.75, 3.05) is 13.7 Å². The minimum Gasteiger partial charge on any atom is -0.496 e. The van der Waals surface area contributed by atoms with Gasteiger partial charge in [-0.05, 0) is 42.0 Å². The number of methoxy groups -OCH3 is 1. The molecular weight excluding hydrogens is 375 g/mol. The van der Waals surface area contributed by atoms with Crippen LogP contribution in [0.3, 0.4) is 0 Å². The largest absolute Gasteiger partial charge is 0.496 e. The molecular formula is C23H19FO5. The van der Waals surface area contributed by atoms with Crippen molar-refractivity contribution in [3.8, 4) is 11.5 Å². The van der Waals surface area contributed by atoms with E-state index in [1.807, 2.05) is 0 Å². The molecule has 0 N–H and O–H groups in total. The van der Waals surface area contributed by atoms with E-state index in [9.17, 15) is 14.0 Å². The van der Waals surface area contributed by atoms with Crippen LogP contribution in [-0.4, -0.2) is 25.5 Å². The maximum atomic E-state index is 13.0. The fraction of sp³-hybridized carbons (Fsp3) is 0.130. The van der Waals surface area contributed by atoms with E-state index in [0.29, 0.717) is 17.1 Å². The Hall–Kier alpha value is -3.67. The average molecular weight is 394 g/mol. The van der Waals surface area contributed by atoms with E-state index in [-0.39, 0.29) is 23.8 Å². The van der Waals surface area contributed by atoms with Gasteiger partial charge in [0.2, 0.25) is 5.78 Å². The van der Waals surface area contributed by atoms with Crippen LogP contribution >= 0.6 is 0 Å². The Bertz CT molecular complexity index is 998. The van der Waals surface area contributed by atoms with E-state index < -0.39 is 12.6 Å². The maximum Gasteiger partial charge on any atom is 0.342 e. The Labute approximate surface area is 167 Å². The molecule has 0 aliphatic rings. The van der Waals surface area contributed by atoms with E-state index in [0.717, 1.165) is 5.56 Å². The Morgan fingerprint density at radius 2 is 1.45 bits per heavy atom. The number of ketones is 1. The van der Waals surface area contributed by atoms with Crippen LogP contribution in [0.25, 0.3) is 0 Å². The van der Waals surface area contributed by atoms with Gasteiger partial charge in [0, 0.05) is 0 Å². The van der Waals surface area contributed by atoms with Crippen LogP contribution in [0.2, 0.25) is 0 Å². The zero-order valence-electron chi connectivity index (χ0n) is 15.8. The first-order valence-corrected chi connectivity index (χ1v) is 8.88. The van der Waals surface area contributed by atoms with Gasteiger partial charge in [0.1, 0.15) is 29.5 Å². The van der Waals surface area contributed by atoms with Crippen LogP contribution in [0.15, 0.2) is 72.8 Å². The molecule has 0 aliphatic heterocycles. The summed E-state index contributed by atoms with van der Waals surface area (Å²) in [6.07, 6.45) is 0. The van der Waals surface area contributed by atoms with Gasteiger partial charge in [-0.15, -0.1) is 0 Å². The lowest BCUT2D eigenvalue weighted by Crippen LogP contribution is -2.15. The van der Waals surface area contributed by atoms with Crippen molar-refractivity contribution in [1.82, 2.24) is 0 Å². The molecule has 148 valence electrons. The topological polar surface area (TPSA) is 61.8 Å². The monoisotopic (exact) mass is 394 g/mol. The van der Waals surface area contributed by atoms with Gasteiger partial charge in [-0.25, -0.2) is 9.18 Å². The van der Waals surface area contributed by atoms with Crippen molar-refractivity contribution in [1.29, 1.82) is 0 Å². The molecule has 0 heterocycles. The smallest absolute Gasteiger partial charge is 0.342 e. The summed E-state index contributed by atoms with van der Waals surface area (Å²) < 4.78 is 29.0. The third-order valence-corrected chi connectivity index (χ3v) is 4.16. The van der Waals surface area contributed by atoms with Crippen LogP contribution in [0.1, 0.15) is 26.3 Å². The zero-order chi connectivity index (χ0) is 20.6. The van der Waals surface area contributed by atoms with Gasteiger partial charge in [-0.1, -0.05) is 36.4 Å². The Kier molecular flexibility index (Phi) is 6.58. The summed E-state index contributed by atoms with van der Waals surface area (Å²) in [6.45, 7) is -0.268. The van der Waals surface area contributed by atoms with E-state index in [4.69, 9.17) is 14.2 Å². The lowest BCUT2D eigenvalue weighted by atomic mass is 10.1. The van der Waals surface area contributed by atoms with E-state index >= 15 is 0 Å². The molecule has 0 unspecified atom stereocenters. The normalized spacial score (nSPS) is 10.3. The lowest BCUT2D eigenvalue weighted by Gasteiger charge is -2.12. The molecule has 6 heteroatoms. The predicted octanol–water partition coefficient (Wildman–Crippen LogP) is 4.45. The first-order valence-electron chi connectivity index (χ1n) is 8.88. The molecule has 0 radical (unpaired) electrons. The van der Waals surface area contributed by atoms with Crippen molar-refractivity contribution in [2.24, 2.45) is 0 Å². The van der Waals surface area contributed by atoms with Gasteiger partial charge >= 0.3 is 5.97 Å². The molecule has 0 bridgehead atoms. The minimum atomic E-state index is -0.678. The molecule has 3 aromatic carbocycles. The van der Waals surface area contributed by atoms with Crippen LogP contribution < -0.4 is 9.47 Å². The second-order valence-corrected chi connectivity index (χ2v) is 6.11. The second kappa shape index (κ2) is 9.50. The molecule has 3 aromatic rings. The van der Waals surface area contributed by atoms with Crippen LogP contribution in [0.4, 0.5) is 4.39 Å². The fourth-order valence-electron chi connectivity index (χ4n) is 2.66. The first kappa shape index (κ1) is 20.1. The van der Waals surface area contributed by atoms with E-state index in [1.54, 1.807) is 60.7 Å². The van der Waals surface area contributed by atoms with E-state index in [1.165, 1.54) is 19.2 Å². The quantitative estimate of drug-likeness (QED) is 0.417. The molecule has 0 aromatic heterocycles. The standard InChI is InChI=1S/C23H19FO5/c1-27-21-8-4-2-6-18(21)20(25)15-29-23(26)19-7-3-5-9-22(19)28-14-16-10-12-17(24)13-11-16/h2-13H,14-15H2,1H3. The number of hydrogen-bond donors (Lipinski definition) is 0. The summed E-state index contributed by atoms with van der Waals surface area (Å²) in [7, 11) is 1.47. The second-order valence-electron chi connectivity index (χ2n) is 6.11. The number of para-hydroxylation sites is 2. The van der Waals surface area contributed by atoms with Gasteiger partial charge in [-0.3, -0.25) is 4.79 Å². The number of carbonyl (C=O) groups excluding carboxylic acids is 2. The highest BCUT2D eigenvalue weighted by Crippen LogP contribution is 2.22. The third-order valence-electron chi connectivity index (χ3n) is 4.16. The van der Waals surface area contributed by atoms with Crippen molar-refractivity contribution in [2.45, 2.75) is 6.61 Å². The SMILES string of the molecule is COc1ccccc1C(=O)COC(=O)c1ccccc1OCc1ccc(F)cc1. The van der Waals surface area contributed by atoms with Gasteiger partial charge in [0.15, 0.2) is 6.61 Å². The summed E-state index contributed by atoms with van der Waals surface area (Å²) in [4.78, 5) is 24.8. The minimum absolute atomic E-state index is 0.157. The molecule has 5 nitrogen and oxygen atoms in total. The number of carbonyl (C=O) groups is 2. The lowest BCUT2D eigenvalue weighted by molar-refractivity contribution is 0.0469. The average Bonchev–Trinajstić information content (AvgIpc) is 2.77. The number of rotatable bonds is 8. The number of ether oxygens (including phenoxy) is 3. The molecule has 0 saturated carbocycles. The van der Waals surface area contributed by atoms with Gasteiger partial charge in [0.05, 0.1) is 12.7 Å². The predicted molar refractivity (Wildman–Crippen MR) is 105 cm³/mol. The molecule has 0 amide bonds. The number of Topliss-reactive ketones (excluding diaryl/α,β-unsaturated/α-hetero) is 1. The molecule has 0 saturated heterocycles. The van der Waals surface area contributed by atoms with Crippen LogP contribution in [0.5, 0.6) is 11.5 Å². The van der Waals surface area contributed by atoms with Crippen molar-refractivity contribution in [3.05, 3.63) is 95.3 Å². The highest BCUT2D eigenvalue weighted by molar-refractivity contribution is 6.01. The summed E-state index contributed by atoms with van der Waals surface area (Å²) in [5.41, 5.74) is 1.28. The molecule has 0 fully saturated rings. The van der Waals surface area contributed by atoms with Gasteiger partial charge in [0.25, 0.3) is 0 Å². The van der Waals surface area contributed by atoms with E-state index in [2.05, 4.69) is 0 Å². The summed E-state index contributed by atoms with van der Waals surface area (Å²) in [6, 6.07) is 19.2. The Balaban J connectivity index is 1.65. The maximum absolute atomic E-state index is 13.0. The Morgan fingerprint density at radius 3 is 2.14 bits per heavy atom. The van der Waals surface area contributed by atoms with Crippen molar-refractivity contribution in [3.63, 3.8) is 0 Å². The number of halogens is 1. The van der Waals surface area contributed by atoms with Gasteiger partial charge in [-0.2, -0.15) is 0 Å². The summed E-state index contributed by atoms with van der Waals surface area (Å²) >= 11 is 0. The van der Waals surface area contributed by atoms with Crippen molar-refractivity contribution < 1.29 is 28.2 Å². The fourth-order valence-corrected chi connectivity index (χ4v) is 2.66. The van der Waals surface area contributed by atoms with Crippen molar-refractivity contribution >= 4 is 11.8 Å². The molecule has 29 heavy (non-hydrogen) atoms.